The molecule has 1 rings (SSSR count). The Kier molecular flexibility index (Phi) is 3.19. The highest BCUT2D eigenvalue weighted by Gasteiger charge is 2.26. The Bertz CT molecular complexity index is 437. The van der Waals surface area contributed by atoms with Crippen molar-refractivity contribution in [1.29, 1.82) is 0 Å². The van der Waals surface area contributed by atoms with Crippen molar-refractivity contribution in [2.75, 3.05) is 7.05 Å². The summed E-state index contributed by atoms with van der Waals surface area (Å²) in [5, 5.41) is 21.6. The molecular formula is C9H8N2O5. The van der Waals surface area contributed by atoms with Gasteiger partial charge in [0, 0.05) is 13.1 Å². The molecule has 2 N–H and O–H groups in total. The molecule has 1 amide bonds. The van der Waals surface area contributed by atoms with Crippen LogP contribution < -0.4 is 5.32 Å². The van der Waals surface area contributed by atoms with Crippen LogP contribution in [0.2, 0.25) is 0 Å². The van der Waals surface area contributed by atoms with Crippen LogP contribution in [0, 0.1) is 10.1 Å². The van der Waals surface area contributed by atoms with Crippen LogP contribution in [0.15, 0.2) is 18.2 Å². The van der Waals surface area contributed by atoms with E-state index >= 15 is 0 Å². The summed E-state index contributed by atoms with van der Waals surface area (Å²) in [6.07, 6.45) is 0. The van der Waals surface area contributed by atoms with Crippen LogP contribution in [0.1, 0.15) is 20.7 Å². The summed E-state index contributed by atoms with van der Waals surface area (Å²) in [6.45, 7) is 0. The lowest BCUT2D eigenvalue weighted by atomic mass is 10.0. The molecular weight excluding hydrogens is 216 g/mol. The number of carboxylic acid groups (broad SMARTS) is 1. The molecule has 7 nitrogen and oxygen atoms in total. The number of carboxylic acids is 1. The monoisotopic (exact) mass is 224 g/mol. The van der Waals surface area contributed by atoms with E-state index in [-0.39, 0.29) is 0 Å². The molecule has 0 aromatic heterocycles. The number of hydrogen-bond acceptors (Lipinski definition) is 4. The van der Waals surface area contributed by atoms with E-state index in [1.165, 1.54) is 13.1 Å². The van der Waals surface area contributed by atoms with Crippen molar-refractivity contribution in [2.45, 2.75) is 0 Å². The highest BCUT2D eigenvalue weighted by molar-refractivity contribution is 6.07. The third-order valence-electron chi connectivity index (χ3n) is 1.92. The quantitative estimate of drug-likeness (QED) is 0.578. The fraction of sp³-hybridized carbons (Fsp3) is 0.111. The molecule has 0 spiro atoms. The average Bonchev–Trinajstić information content (AvgIpc) is 2.26. The Hall–Kier alpha value is -2.44. The van der Waals surface area contributed by atoms with E-state index in [0.717, 1.165) is 12.1 Å². The number of aromatic carboxylic acids is 1. The molecule has 1 aromatic rings. The zero-order chi connectivity index (χ0) is 12.3. The van der Waals surface area contributed by atoms with Crippen molar-refractivity contribution in [3.8, 4) is 0 Å². The molecule has 0 radical (unpaired) electrons. The van der Waals surface area contributed by atoms with Gasteiger partial charge in [-0.05, 0) is 6.07 Å². The maximum atomic E-state index is 11.4. The second kappa shape index (κ2) is 4.39. The molecule has 0 fully saturated rings. The highest BCUT2D eigenvalue weighted by Crippen LogP contribution is 2.22. The van der Waals surface area contributed by atoms with Crippen LogP contribution in [0.25, 0.3) is 0 Å². The van der Waals surface area contributed by atoms with Gasteiger partial charge in [0.2, 0.25) is 0 Å². The predicted molar refractivity (Wildman–Crippen MR) is 53.4 cm³/mol. The van der Waals surface area contributed by atoms with Crippen LogP contribution in [-0.4, -0.2) is 29.0 Å². The van der Waals surface area contributed by atoms with Crippen molar-refractivity contribution in [3.05, 3.63) is 39.4 Å². The van der Waals surface area contributed by atoms with Crippen LogP contribution in [0.4, 0.5) is 5.69 Å². The summed E-state index contributed by atoms with van der Waals surface area (Å²) in [5.41, 5.74) is -1.37. The van der Waals surface area contributed by atoms with Gasteiger partial charge < -0.3 is 10.4 Å². The number of carbonyl (C=O) groups is 2. The maximum absolute atomic E-state index is 11.4. The highest BCUT2D eigenvalue weighted by atomic mass is 16.6. The Morgan fingerprint density at radius 1 is 1.44 bits per heavy atom. The normalized spacial score (nSPS) is 9.56. The second-order valence-corrected chi connectivity index (χ2v) is 2.84. The average molecular weight is 224 g/mol. The minimum Gasteiger partial charge on any atom is -0.478 e. The minimum atomic E-state index is -1.39. The van der Waals surface area contributed by atoms with Gasteiger partial charge in [-0.2, -0.15) is 0 Å². The van der Waals surface area contributed by atoms with E-state index in [9.17, 15) is 19.7 Å². The number of hydrogen-bond donors (Lipinski definition) is 2. The van der Waals surface area contributed by atoms with Gasteiger partial charge in [0.1, 0.15) is 5.56 Å². The second-order valence-electron chi connectivity index (χ2n) is 2.84. The molecule has 0 aliphatic carbocycles. The third-order valence-corrected chi connectivity index (χ3v) is 1.92. The van der Waals surface area contributed by atoms with E-state index in [4.69, 9.17) is 5.11 Å². The first-order valence-electron chi connectivity index (χ1n) is 4.21. The summed E-state index contributed by atoms with van der Waals surface area (Å²) in [6, 6.07) is 3.44. The molecule has 0 unspecified atom stereocenters. The smallest absolute Gasteiger partial charge is 0.336 e. The molecule has 0 bridgehead atoms. The zero-order valence-electron chi connectivity index (χ0n) is 8.26. The molecule has 0 saturated heterocycles. The van der Waals surface area contributed by atoms with Gasteiger partial charge in [-0.15, -0.1) is 0 Å². The molecule has 0 atom stereocenters. The summed E-state index contributed by atoms with van der Waals surface area (Å²) in [4.78, 5) is 32.1. The number of nitro groups is 1. The first-order chi connectivity index (χ1) is 7.49. The molecule has 84 valence electrons. The molecule has 16 heavy (non-hydrogen) atoms. The number of nitrogens with zero attached hydrogens (tertiary/aromatic N) is 1. The zero-order valence-corrected chi connectivity index (χ0v) is 8.26. The van der Waals surface area contributed by atoms with Gasteiger partial charge in [-0.25, -0.2) is 4.79 Å². The standard InChI is InChI=1S/C9H8N2O5/c1-10-8(12)7-5(9(13)14)3-2-4-6(7)11(15)16/h2-4H,1H3,(H,10,12)(H,13,14). The number of carbonyl (C=O) groups excluding carboxylic acids is 1. The molecule has 0 aliphatic heterocycles. The van der Waals surface area contributed by atoms with Crippen molar-refractivity contribution >= 4 is 17.6 Å². The van der Waals surface area contributed by atoms with Crippen LogP contribution >= 0.6 is 0 Å². The molecule has 7 heteroatoms. The van der Waals surface area contributed by atoms with Crippen LogP contribution in [-0.2, 0) is 0 Å². The number of nitrogens with one attached hydrogen (secondary N) is 1. The Morgan fingerprint density at radius 3 is 2.50 bits per heavy atom. The SMILES string of the molecule is CNC(=O)c1c(C(=O)O)cccc1[N+](=O)[O-]. The van der Waals surface area contributed by atoms with Gasteiger partial charge in [0.25, 0.3) is 11.6 Å². The third kappa shape index (κ3) is 1.97. The Balaban J connectivity index is 3.53. The van der Waals surface area contributed by atoms with Crippen molar-refractivity contribution in [3.63, 3.8) is 0 Å². The van der Waals surface area contributed by atoms with Gasteiger partial charge in [-0.3, -0.25) is 14.9 Å². The Morgan fingerprint density at radius 2 is 2.06 bits per heavy atom. The van der Waals surface area contributed by atoms with E-state index in [2.05, 4.69) is 5.32 Å². The fourth-order valence-electron chi connectivity index (χ4n) is 1.23. The predicted octanol–water partition coefficient (Wildman–Crippen LogP) is 0.653. The molecule has 1 aromatic carbocycles. The van der Waals surface area contributed by atoms with E-state index in [1.807, 2.05) is 0 Å². The first-order valence-corrected chi connectivity index (χ1v) is 4.21. The van der Waals surface area contributed by atoms with Crippen LogP contribution in [0.5, 0.6) is 0 Å². The lowest BCUT2D eigenvalue weighted by Crippen LogP contribution is -2.22. The maximum Gasteiger partial charge on any atom is 0.336 e. The van der Waals surface area contributed by atoms with Crippen molar-refractivity contribution in [1.82, 2.24) is 5.32 Å². The summed E-state index contributed by atoms with van der Waals surface area (Å²) >= 11 is 0. The van der Waals surface area contributed by atoms with E-state index < -0.39 is 33.6 Å². The van der Waals surface area contributed by atoms with Gasteiger partial charge >= 0.3 is 5.97 Å². The summed E-state index contributed by atoms with van der Waals surface area (Å²) in [5.74, 6) is -2.19. The van der Waals surface area contributed by atoms with Crippen LogP contribution in [0.3, 0.4) is 0 Å². The number of benzene rings is 1. The van der Waals surface area contributed by atoms with Gasteiger partial charge in [0.05, 0.1) is 10.5 Å². The van der Waals surface area contributed by atoms with E-state index in [0.29, 0.717) is 0 Å². The summed E-state index contributed by atoms with van der Waals surface area (Å²) < 4.78 is 0. The molecule has 0 heterocycles. The number of amides is 1. The van der Waals surface area contributed by atoms with Crippen molar-refractivity contribution in [2.24, 2.45) is 0 Å². The minimum absolute atomic E-state index is 0.395. The Labute approximate surface area is 89.8 Å². The summed E-state index contributed by atoms with van der Waals surface area (Å²) in [7, 11) is 1.27. The van der Waals surface area contributed by atoms with E-state index in [1.54, 1.807) is 0 Å². The number of rotatable bonds is 3. The fourth-order valence-corrected chi connectivity index (χ4v) is 1.23. The lowest BCUT2D eigenvalue weighted by Gasteiger charge is -2.04. The molecule has 0 saturated carbocycles. The van der Waals surface area contributed by atoms with Crippen molar-refractivity contribution < 1.29 is 19.6 Å². The first kappa shape index (κ1) is 11.6. The molecule has 0 aliphatic rings. The van der Waals surface area contributed by atoms with Gasteiger partial charge in [-0.1, -0.05) is 6.07 Å². The number of nitro benzene ring substituents is 1. The van der Waals surface area contributed by atoms with Gasteiger partial charge in [0.15, 0.2) is 0 Å². The largest absolute Gasteiger partial charge is 0.478 e. The lowest BCUT2D eigenvalue weighted by molar-refractivity contribution is -0.385. The topological polar surface area (TPSA) is 110 Å².